The fourth-order valence-corrected chi connectivity index (χ4v) is 4.66. The number of benzene rings is 3. The molecule has 3 aromatic carbocycles. The van der Waals surface area contributed by atoms with Gasteiger partial charge in [0.25, 0.3) is 11.8 Å². The van der Waals surface area contributed by atoms with Crippen LogP contribution in [-0.4, -0.2) is 22.9 Å². The number of nitrogens with zero attached hydrogens (tertiary/aromatic N) is 1. The molecule has 0 fully saturated rings. The van der Waals surface area contributed by atoms with Crippen molar-refractivity contribution in [2.24, 2.45) is 0 Å². The Morgan fingerprint density at radius 2 is 1.60 bits per heavy atom. The zero-order valence-corrected chi connectivity index (χ0v) is 20.5. The first-order valence-electron chi connectivity index (χ1n) is 11.1. The molecule has 0 aromatic heterocycles. The van der Waals surface area contributed by atoms with Crippen LogP contribution in [0.4, 0.5) is 11.4 Å². The van der Waals surface area contributed by atoms with E-state index < -0.39 is 17.8 Å². The second kappa shape index (κ2) is 10.8. The van der Waals surface area contributed by atoms with E-state index in [-0.39, 0.29) is 16.2 Å². The molecule has 3 aromatic rings. The van der Waals surface area contributed by atoms with Crippen molar-refractivity contribution in [2.75, 3.05) is 10.2 Å². The van der Waals surface area contributed by atoms with E-state index in [4.69, 9.17) is 16.7 Å². The molecule has 6 nitrogen and oxygen atoms in total. The lowest BCUT2D eigenvalue weighted by atomic mass is 10.1. The van der Waals surface area contributed by atoms with E-state index in [0.29, 0.717) is 16.4 Å². The van der Waals surface area contributed by atoms with Crippen molar-refractivity contribution in [2.45, 2.75) is 31.1 Å². The Bertz CT molecular complexity index is 1290. The highest BCUT2D eigenvalue weighted by atomic mass is 35.5. The number of anilines is 2. The Morgan fingerprint density at radius 3 is 2.20 bits per heavy atom. The van der Waals surface area contributed by atoms with Gasteiger partial charge in [-0.2, -0.15) is 0 Å². The van der Waals surface area contributed by atoms with Gasteiger partial charge in [0.15, 0.2) is 0 Å². The molecular formula is C27H23ClN2O4S. The maximum Gasteiger partial charge on any atom is 0.335 e. The molecule has 178 valence electrons. The Labute approximate surface area is 212 Å². The van der Waals surface area contributed by atoms with Crippen molar-refractivity contribution in [1.29, 1.82) is 0 Å². The van der Waals surface area contributed by atoms with Crippen molar-refractivity contribution in [1.82, 2.24) is 0 Å². The van der Waals surface area contributed by atoms with Crippen LogP contribution in [0.2, 0.25) is 5.02 Å². The fourth-order valence-electron chi connectivity index (χ4n) is 3.60. The number of aromatic carboxylic acids is 1. The maximum atomic E-state index is 13.5. The van der Waals surface area contributed by atoms with Gasteiger partial charge in [-0.25, -0.2) is 9.69 Å². The number of nitrogens with one attached hydrogen (secondary N) is 1. The van der Waals surface area contributed by atoms with Crippen LogP contribution < -0.4 is 10.2 Å². The number of thioether (sulfide) groups is 1. The number of carboxylic acid groups (broad SMARTS) is 1. The van der Waals surface area contributed by atoms with Gasteiger partial charge >= 0.3 is 5.97 Å². The number of aryl methyl sites for hydroxylation is 1. The zero-order chi connectivity index (χ0) is 24.9. The van der Waals surface area contributed by atoms with E-state index in [0.717, 1.165) is 34.6 Å². The quantitative estimate of drug-likeness (QED) is 0.328. The van der Waals surface area contributed by atoms with Gasteiger partial charge in [-0.15, -0.1) is 0 Å². The average molecular weight is 507 g/mol. The highest BCUT2D eigenvalue weighted by Crippen LogP contribution is 2.38. The molecule has 1 heterocycles. The first kappa shape index (κ1) is 24.6. The van der Waals surface area contributed by atoms with E-state index in [9.17, 15) is 14.4 Å². The third-order valence-corrected chi connectivity index (χ3v) is 6.83. The second-order valence-electron chi connectivity index (χ2n) is 7.98. The number of halogens is 1. The van der Waals surface area contributed by atoms with Crippen LogP contribution in [0.15, 0.2) is 88.3 Å². The first-order valence-corrected chi connectivity index (χ1v) is 12.3. The van der Waals surface area contributed by atoms with Crippen LogP contribution in [0.1, 0.15) is 35.7 Å². The zero-order valence-electron chi connectivity index (χ0n) is 19.0. The van der Waals surface area contributed by atoms with Gasteiger partial charge in [-0.1, -0.05) is 48.8 Å². The molecule has 0 aliphatic carbocycles. The van der Waals surface area contributed by atoms with Gasteiger partial charge in [-0.3, -0.25) is 9.59 Å². The molecule has 0 spiro atoms. The minimum atomic E-state index is -1.05. The molecule has 35 heavy (non-hydrogen) atoms. The summed E-state index contributed by atoms with van der Waals surface area (Å²) in [7, 11) is 0. The average Bonchev–Trinajstić information content (AvgIpc) is 3.08. The van der Waals surface area contributed by atoms with Crippen molar-refractivity contribution >= 4 is 52.5 Å². The van der Waals surface area contributed by atoms with Crippen LogP contribution >= 0.6 is 23.4 Å². The monoisotopic (exact) mass is 506 g/mol. The summed E-state index contributed by atoms with van der Waals surface area (Å²) in [5, 5.41) is 12.7. The van der Waals surface area contributed by atoms with Crippen molar-refractivity contribution in [3.8, 4) is 0 Å². The number of rotatable bonds is 9. The molecule has 1 aliphatic rings. The molecular weight excluding hydrogens is 484 g/mol. The van der Waals surface area contributed by atoms with Gasteiger partial charge in [0.1, 0.15) is 10.6 Å². The van der Waals surface area contributed by atoms with E-state index in [1.165, 1.54) is 23.9 Å². The Balaban J connectivity index is 1.66. The van der Waals surface area contributed by atoms with Gasteiger partial charge in [0.05, 0.1) is 11.3 Å². The Morgan fingerprint density at radius 1 is 0.943 bits per heavy atom. The summed E-state index contributed by atoms with van der Waals surface area (Å²) < 4.78 is 0. The number of carboxylic acids is 1. The number of carbonyl (C=O) groups excluding carboxylic acids is 2. The number of amides is 2. The molecule has 0 saturated heterocycles. The molecule has 8 heteroatoms. The van der Waals surface area contributed by atoms with Crippen molar-refractivity contribution in [3.63, 3.8) is 0 Å². The molecule has 0 unspecified atom stereocenters. The molecule has 4 rings (SSSR count). The highest BCUT2D eigenvalue weighted by Gasteiger charge is 2.40. The van der Waals surface area contributed by atoms with Gasteiger partial charge in [-0.05, 0) is 79.1 Å². The van der Waals surface area contributed by atoms with Crippen LogP contribution in [0.25, 0.3) is 0 Å². The lowest BCUT2D eigenvalue weighted by Crippen LogP contribution is -2.32. The van der Waals surface area contributed by atoms with E-state index in [1.807, 2.05) is 12.1 Å². The largest absolute Gasteiger partial charge is 0.478 e. The normalized spacial score (nSPS) is 13.5. The summed E-state index contributed by atoms with van der Waals surface area (Å²) in [5.74, 6) is -1.95. The molecule has 0 radical (unpaired) electrons. The van der Waals surface area contributed by atoms with Crippen LogP contribution in [-0.2, 0) is 16.0 Å². The maximum absolute atomic E-state index is 13.5. The molecule has 0 saturated carbocycles. The number of hydrogen-bond donors (Lipinski definition) is 2. The summed E-state index contributed by atoms with van der Waals surface area (Å²) in [5.41, 5.74) is 2.40. The van der Waals surface area contributed by atoms with Crippen LogP contribution in [0.5, 0.6) is 0 Å². The molecule has 0 atom stereocenters. The van der Waals surface area contributed by atoms with Crippen molar-refractivity contribution in [3.05, 3.63) is 99.5 Å². The van der Waals surface area contributed by atoms with Crippen LogP contribution in [0, 0.1) is 0 Å². The predicted octanol–water partition coefficient (Wildman–Crippen LogP) is 6.37. The molecule has 2 amide bonds. The minimum Gasteiger partial charge on any atom is -0.478 e. The van der Waals surface area contributed by atoms with Crippen molar-refractivity contribution < 1.29 is 19.5 Å². The standard InChI is InChI=1S/C27H23ClN2O4S/c1-2-3-4-17-5-13-21(14-6-17)30-25(31)23(29-20-11-7-18(8-12-20)27(33)34)24(26(30)32)35-22-15-9-19(28)10-16-22/h5-16,29H,2-4H2,1H3,(H,33,34). The SMILES string of the molecule is CCCCc1ccc(N2C(=O)C(Nc3ccc(C(=O)O)cc3)=C(Sc3ccc(Cl)cc3)C2=O)cc1. The first-order chi connectivity index (χ1) is 16.9. The predicted molar refractivity (Wildman–Crippen MR) is 139 cm³/mol. The van der Waals surface area contributed by atoms with Gasteiger partial charge < -0.3 is 10.4 Å². The third kappa shape index (κ3) is 5.58. The summed E-state index contributed by atoms with van der Waals surface area (Å²) in [4.78, 5) is 40.3. The number of hydrogen-bond acceptors (Lipinski definition) is 5. The molecule has 1 aliphatic heterocycles. The van der Waals surface area contributed by atoms with E-state index >= 15 is 0 Å². The molecule has 2 N–H and O–H groups in total. The lowest BCUT2D eigenvalue weighted by Gasteiger charge is -2.16. The van der Waals surface area contributed by atoms with Gasteiger partial charge in [0, 0.05) is 15.6 Å². The Kier molecular flexibility index (Phi) is 7.58. The number of imide groups is 1. The molecule has 0 bridgehead atoms. The fraction of sp³-hybridized carbons (Fsp3) is 0.148. The smallest absolute Gasteiger partial charge is 0.335 e. The van der Waals surface area contributed by atoms with E-state index in [2.05, 4.69) is 12.2 Å². The summed E-state index contributed by atoms with van der Waals surface area (Å²) in [6, 6.07) is 20.4. The third-order valence-electron chi connectivity index (χ3n) is 5.49. The topological polar surface area (TPSA) is 86.7 Å². The summed E-state index contributed by atoms with van der Waals surface area (Å²) >= 11 is 7.17. The van der Waals surface area contributed by atoms with Crippen LogP contribution in [0.3, 0.4) is 0 Å². The highest BCUT2D eigenvalue weighted by molar-refractivity contribution is 8.04. The summed E-state index contributed by atoms with van der Waals surface area (Å²) in [6.45, 7) is 2.13. The Hall–Kier alpha value is -3.55. The van der Waals surface area contributed by atoms with E-state index in [1.54, 1.807) is 48.5 Å². The number of carbonyl (C=O) groups is 3. The second-order valence-corrected chi connectivity index (χ2v) is 9.50. The van der Waals surface area contributed by atoms with Gasteiger partial charge in [0.2, 0.25) is 0 Å². The summed E-state index contributed by atoms with van der Waals surface area (Å²) in [6.07, 6.45) is 3.09. The lowest BCUT2D eigenvalue weighted by molar-refractivity contribution is -0.120. The number of unbranched alkanes of at least 4 members (excludes halogenated alkanes) is 1. The minimum absolute atomic E-state index is 0.124.